The van der Waals surface area contributed by atoms with Crippen LogP contribution in [0.5, 0.6) is 11.5 Å². The van der Waals surface area contributed by atoms with E-state index in [0.717, 1.165) is 36.4 Å². The molecule has 31 heavy (non-hydrogen) atoms. The maximum atomic E-state index is 12.4. The zero-order valence-corrected chi connectivity index (χ0v) is 19.4. The minimum absolute atomic E-state index is 0.241. The zero-order chi connectivity index (χ0) is 22.3. The number of hydrogen-bond donors (Lipinski definition) is 2. The molecule has 0 heterocycles. The molecule has 0 aliphatic rings. The number of anilines is 1. The van der Waals surface area contributed by atoms with Gasteiger partial charge in [0.25, 0.3) is 5.91 Å². The summed E-state index contributed by atoms with van der Waals surface area (Å²) in [6.45, 7) is 5.71. The van der Waals surface area contributed by atoms with E-state index in [1.54, 1.807) is 24.3 Å². The highest BCUT2D eigenvalue weighted by Gasteiger charge is 2.09. The Morgan fingerprint density at radius 3 is 2.26 bits per heavy atom. The second-order valence-corrected chi connectivity index (χ2v) is 7.83. The molecule has 5 nitrogen and oxygen atoms in total. The van der Waals surface area contributed by atoms with Crippen molar-refractivity contribution in [2.24, 2.45) is 0 Å². The standard InChI is InChI=1S/C25H34N2O3S/c1-3-5-7-8-9-18-30-23-12-10-11-21(19-23)26-25(31)27-24(28)20-13-15-22(16-14-20)29-17-6-4-2/h10-16,19H,3-9,17-18H2,1-2H3,(H2,26,27,28,31). The fourth-order valence-electron chi connectivity index (χ4n) is 2.93. The number of unbranched alkanes of at least 4 members (excludes halogenated alkanes) is 5. The summed E-state index contributed by atoms with van der Waals surface area (Å²) < 4.78 is 11.4. The summed E-state index contributed by atoms with van der Waals surface area (Å²) in [5.41, 5.74) is 1.29. The Bertz CT molecular complexity index is 809. The summed E-state index contributed by atoms with van der Waals surface area (Å²) in [5, 5.41) is 5.99. The van der Waals surface area contributed by atoms with E-state index < -0.39 is 0 Å². The molecule has 0 aromatic heterocycles. The first-order chi connectivity index (χ1) is 15.1. The fraction of sp³-hybridized carbons (Fsp3) is 0.440. The predicted molar refractivity (Wildman–Crippen MR) is 131 cm³/mol. The van der Waals surface area contributed by atoms with Crippen LogP contribution in [0.25, 0.3) is 0 Å². The molecule has 0 radical (unpaired) electrons. The summed E-state index contributed by atoms with van der Waals surface area (Å²) >= 11 is 5.29. The first kappa shape index (κ1) is 24.7. The second-order valence-electron chi connectivity index (χ2n) is 7.43. The van der Waals surface area contributed by atoms with Crippen LogP contribution < -0.4 is 20.1 Å². The minimum Gasteiger partial charge on any atom is -0.494 e. The SMILES string of the molecule is CCCCCCCOc1cccc(NC(=S)NC(=O)c2ccc(OCCCC)cc2)c1. The number of carbonyl (C=O) groups excluding carboxylic acids is 1. The lowest BCUT2D eigenvalue weighted by atomic mass is 10.2. The van der Waals surface area contributed by atoms with E-state index in [1.165, 1.54) is 25.7 Å². The highest BCUT2D eigenvalue weighted by atomic mass is 32.1. The lowest BCUT2D eigenvalue weighted by Gasteiger charge is -2.12. The normalized spacial score (nSPS) is 10.4. The Kier molecular flexibility index (Phi) is 11.5. The molecule has 0 spiro atoms. The molecular weight excluding hydrogens is 408 g/mol. The molecule has 2 rings (SSSR count). The number of amides is 1. The second kappa shape index (κ2) is 14.4. The van der Waals surface area contributed by atoms with Crippen molar-refractivity contribution >= 4 is 28.9 Å². The highest BCUT2D eigenvalue weighted by molar-refractivity contribution is 7.80. The first-order valence-electron chi connectivity index (χ1n) is 11.2. The molecule has 1 amide bonds. The van der Waals surface area contributed by atoms with E-state index in [-0.39, 0.29) is 11.0 Å². The summed E-state index contributed by atoms with van der Waals surface area (Å²) in [7, 11) is 0. The van der Waals surface area contributed by atoms with Gasteiger partial charge >= 0.3 is 0 Å². The average molecular weight is 443 g/mol. The van der Waals surface area contributed by atoms with Gasteiger partial charge in [-0.05, 0) is 61.5 Å². The zero-order valence-electron chi connectivity index (χ0n) is 18.6. The summed E-state index contributed by atoms with van der Waals surface area (Å²) in [5.74, 6) is 1.28. The molecule has 0 bridgehead atoms. The van der Waals surface area contributed by atoms with Crippen molar-refractivity contribution in [3.63, 3.8) is 0 Å². The van der Waals surface area contributed by atoms with Crippen LogP contribution in [0.3, 0.4) is 0 Å². The monoisotopic (exact) mass is 442 g/mol. The van der Waals surface area contributed by atoms with Crippen LogP contribution in [-0.4, -0.2) is 24.2 Å². The number of benzene rings is 2. The lowest BCUT2D eigenvalue weighted by Crippen LogP contribution is -2.34. The molecule has 0 saturated carbocycles. The smallest absolute Gasteiger partial charge is 0.257 e. The van der Waals surface area contributed by atoms with Crippen LogP contribution in [0, 0.1) is 0 Å². The number of rotatable bonds is 13. The summed E-state index contributed by atoms with van der Waals surface area (Å²) in [4.78, 5) is 12.4. The van der Waals surface area contributed by atoms with Gasteiger partial charge < -0.3 is 14.8 Å². The van der Waals surface area contributed by atoms with Crippen LogP contribution in [-0.2, 0) is 0 Å². The molecule has 0 aliphatic carbocycles. The topological polar surface area (TPSA) is 59.6 Å². The van der Waals surface area contributed by atoms with Crippen LogP contribution in [0.15, 0.2) is 48.5 Å². The first-order valence-corrected chi connectivity index (χ1v) is 11.6. The van der Waals surface area contributed by atoms with Gasteiger partial charge in [0.15, 0.2) is 5.11 Å². The van der Waals surface area contributed by atoms with Gasteiger partial charge in [0.05, 0.1) is 13.2 Å². The molecule has 2 aromatic carbocycles. The Morgan fingerprint density at radius 1 is 0.839 bits per heavy atom. The van der Waals surface area contributed by atoms with Crippen molar-refractivity contribution in [3.8, 4) is 11.5 Å². The van der Waals surface area contributed by atoms with E-state index in [0.29, 0.717) is 18.8 Å². The Balaban J connectivity index is 1.78. The fourth-order valence-corrected chi connectivity index (χ4v) is 3.14. The molecule has 0 saturated heterocycles. The van der Waals surface area contributed by atoms with E-state index in [9.17, 15) is 4.79 Å². The summed E-state index contributed by atoms with van der Waals surface area (Å²) in [6, 6.07) is 14.6. The van der Waals surface area contributed by atoms with Gasteiger partial charge in [-0.25, -0.2) is 0 Å². The maximum absolute atomic E-state index is 12.4. The average Bonchev–Trinajstić information content (AvgIpc) is 2.77. The third kappa shape index (κ3) is 9.83. The Hall–Kier alpha value is -2.60. The van der Waals surface area contributed by atoms with Crippen molar-refractivity contribution in [1.82, 2.24) is 5.32 Å². The highest BCUT2D eigenvalue weighted by Crippen LogP contribution is 2.18. The van der Waals surface area contributed by atoms with Gasteiger partial charge in [0, 0.05) is 17.3 Å². The van der Waals surface area contributed by atoms with E-state index in [4.69, 9.17) is 21.7 Å². The number of carbonyl (C=O) groups is 1. The van der Waals surface area contributed by atoms with Crippen molar-refractivity contribution in [2.75, 3.05) is 18.5 Å². The predicted octanol–water partition coefficient (Wildman–Crippen LogP) is 6.34. The molecule has 2 N–H and O–H groups in total. The van der Waals surface area contributed by atoms with Crippen LogP contribution >= 0.6 is 12.2 Å². The van der Waals surface area contributed by atoms with Gasteiger partial charge in [0.2, 0.25) is 0 Å². The number of thiocarbonyl (C=S) groups is 1. The van der Waals surface area contributed by atoms with Gasteiger partial charge in [-0.15, -0.1) is 0 Å². The Labute approximate surface area is 191 Å². The van der Waals surface area contributed by atoms with Crippen LogP contribution in [0.4, 0.5) is 5.69 Å². The van der Waals surface area contributed by atoms with Gasteiger partial charge in [0.1, 0.15) is 11.5 Å². The number of hydrogen-bond acceptors (Lipinski definition) is 4. The molecule has 2 aromatic rings. The quantitative estimate of drug-likeness (QED) is 0.280. The molecular formula is C25H34N2O3S. The van der Waals surface area contributed by atoms with Gasteiger partial charge in [-0.2, -0.15) is 0 Å². The van der Waals surface area contributed by atoms with E-state index in [2.05, 4.69) is 24.5 Å². The minimum atomic E-state index is -0.267. The molecule has 168 valence electrons. The van der Waals surface area contributed by atoms with E-state index >= 15 is 0 Å². The van der Waals surface area contributed by atoms with Crippen molar-refractivity contribution in [1.29, 1.82) is 0 Å². The third-order valence-corrected chi connectivity index (χ3v) is 4.92. The van der Waals surface area contributed by atoms with Crippen molar-refractivity contribution in [2.45, 2.75) is 58.8 Å². The molecule has 0 unspecified atom stereocenters. The molecule has 0 atom stereocenters. The van der Waals surface area contributed by atoms with Crippen LogP contribution in [0.2, 0.25) is 0 Å². The Morgan fingerprint density at radius 2 is 1.52 bits per heavy atom. The van der Waals surface area contributed by atoms with Gasteiger partial charge in [-0.1, -0.05) is 52.0 Å². The maximum Gasteiger partial charge on any atom is 0.257 e. The molecule has 0 aliphatic heterocycles. The molecule has 0 fully saturated rings. The largest absolute Gasteiger partial charge is 0.494 e. The third-order valence-electron chi connectivity index (χ3n) is 4.72. The number of ether oxygens (including phenoxy) is 2. The van der Waals surface area contributed by atoms with Gasteiger partial charge in [-0.3, -0.25) is 10.1 Å². The van der Waals surface area contributed by atoms with Crippen molar-refractivity contribution < 1.29 is 14.3 Å². The number of nitrogens with one attached hydrogen (secondary N) is 2. The lowest BCUT2D eigenvalue weighted by molar-refractivity contribution is 0.0977. The molecule has 6 heteroatoms. The van der Waals surface area contributed by atoms with Crippen LogP contribution in [0.1, 0.15) is 69.2 Å². The van der Waals surface area contributed by atoms with E-state index in [1.807, 2.05) is 24.3 Å². The summed E-state index contributed by atoms with van der Waals surface area (Å²) in [6.07, 6.45) is 8.10. The van der Waals surface area contributed by atoms with Crippen molar-refractivity contribution in [3.05, 3.63) is 54.1 Å².